The van der Waals surface area contributed by atoms with E-state index in [2.05, 4.69) is 18.7 Å². The summed E-state index contributed by atoms with van der Waals surface area (Å²) in [5.41, 5.74) is 0.416. The lowest BCUT2D eigenvalue weighted by Crippen LogP contribution is -2.28. The molecule has 1 fully saturated rings. The summed E-state index contributed by atoms with van der Waals surface area (Å²) in [6.45, 7) is 5.40. The molecule has 0 aromatic rings. The molecule has 0 unspecified atom stereocenters. The fourth-order valence-electron chi connectivity index (χ4n) is 2.41. The Morgan fingerprint density at radius 2 is 1.85 bits per heavy atom. The minimum absolute atomic E-state index is 0.416. The highest BCUT2D eigenvalue weighted by Gasteiger charge is 2.29. The van der Waals surface area contributed by atoms with E-state index >= 15 is 0 Å². The molecule has 2 nitrogen and oxygen atoms in total. The van der Waals surface area contributed by atoms with Gasteiger partial charge in [-0.1, -0.05) is 33.1 Å². The molecule has 0 spiro atoms. The van der Waals surface area contributed by atoms with E-state index in [0.717, 1.165) is 12.3 Å². The third-order valence-electron chi connectivity index (χ3n) is 3.57. The van der Waals surface area contributed by atoms with E-state index in [0.29, 0.717) is 12.0 Å². The Morgan fingerprint density at radius 1 is 1.23 bits per heavy atom. The normalized spacial score (nSPS) is 20.5. The second kappa shape index (κ2) is 4.97. The summed E-state index contributed by atoms with van der Waals surface area (Å²) in [5, 5.41) is 0. The van der Waals surface area contributed by atoms with Crippen molar-refractivity contribution in [3.05, 3.63) is 0 Å². The van der Waals surface area contributed by atoms with Gasteiger partial charge in [-0.05, 0) is 30.6 Å². The van der Waals surface area contributed by atoms with Crippen LogP contribution in [0.1, 0.15) is 52.4 Å². The van der Waals surface area contributed by atoms with Gasteiger partial charge in [0.2, 0.25) is 0 Å². The molecule has 13 heavy (non-hydrogen) atoms. The quantitative estimate of drug-likeness (QED) is 0.683. The minimum Gasteiger partial charge on any atom is -0.305 e. The van der Waals surface area contributed by atoms with Crippen LogP contribution < -0.4 is 5.90 Å². The lowest BCUT2D eigenvalue weighted by molar-refractivity contribution is 0.0689. The predicted molar refractivity (Wildman–Crippen MR) is 55.1 cm³/mol. The molecule has 1 rings (SSSR count). The molecule has 0 heterocycles. The maximum absolute atomic E-state index is 5.07. The summed E-state index contributed by atoms with van der Waals surface area (Å²) in [7, 11) is 0. The fourth-order valence-corrected chi connectivity index (χ4v) is 2.41. The van der Waals surface area contributed by atoms with E-state index in [9.17, 15) is 0 Å². The first-order valence-corrected chi connectivity index (χ1v) is 5.48. The van der Waals surface area contributed by atoms with Gasteiger partial charge in [-0.3, -0.25) is 0 Å². The molecule has 1 aliphatic carbocycles. The highest BCUT2D eigenvalue weighted by atomic mass is 16.6. The highest BCUT2D eigenvalue weighted by Crippen LogP contribution is 2.40. The molecule has 2 heteroatoms. The Bertz CT molecular complexity index is 139. The van der Waals surface area contributed by atoms with Crippen LogP contribution in [0.4, 0.5) is 0 Å². The molecule has 1 aliphatic rings. The first kappa shape index (κ1) is 11.0. The Kier molecular flexibility index (Phi) is 4.20. The van der Waals surface area contributed by atoms with Crippen LogP contribution in [0.25, 0.3) is 0 Å². The van der Waals surface area contributed by atoms with Gasteiger partial charge < -0.3 is 4.84 Å². The molecule has 0 radical (unpaired) electrons. The predicted octanol–water partition coefficient (Wildman–Crippen LogP) is 2.87. The van der Waals surface area contributed by atoms with Crippen LogP contribution in [-0.2, 0) is 4.84 Å². The van der Waals surface area contributed by atoms with Gasteiger partial charge in [-0.25, -0.2) is 5.90 Å². The van der Waals surface area contributed by atoms with Gasteiger partial charge in [0.25, 0.3) is 0 Å². The average Bonchev–Trinajstić information content (AvgIpc) is 2.16. The minimum atomic E-state index is 0.416. The Balaban J connectivity index is 2.36. The van der Waals surface area contributed by atoms with Gasteiger partial charge >= 0.3 is 0 Å². The van der Waals surface area contributed by atoms with Crippen molar-refractivity contribution in [2.45, 2.75) is 52.4 Å². The molecule has 0 atom stereocenters. The molecule has 0 amide bonds. The first-order valence-electron chi connectivity index (χ1n) is 5.48. The molecular weight excluding hydrogens is 162 g/mol. The van der Waals surface area contributed by atoms with E-state index in [1.807, 2.05) is 0 Å². The monoisotopic (exact) mass is 185 g/mol. The molecule has 78 valence electrons. The summed E-state index contributed by atoms with van der Waals surface area (Å²) in [5.74, 6) is 5.95. The van der Waals surface area contributed by atoms with Gasteiger partial charge in [0.05, 0.1) is 6.61 Å². The van der Waals surface area contributed by atoms with Crippen LogP contribution in [-0.4, -0.2) is 6.61 Å². The standard InChI is InChI=1S/C11H23NO/c1-11(2,8-9-13-12)10-6-4-3-5-7-10/h10H,3-9,12H2,1-2H3. The first-order chi connectivity index (χ1) is 6.17. The lowest BCUT2D eigenvalue weighted by atomic mass is 9.69. The molecule has 0 aromatic heterocycles. The zero-order valence-electron chi connectivity index (χ0n) is 9.01. The van der Waals surface area contributed by atoms with Crippen LogP contribution >= 0.6 is 0 Å². The Labute approximate surface area is 81.8 Å². The van der Waals surface area contributed by atoms with Crippen LogP contribution in [0.3, 0.4) is 0 Å². The molecule has 0 saturated heterocycles. The second-order valence-corrected chi connectivity index (χ2v) is 4.94. The summed E-state index contributed by atoms with van der Waals surface area (Å²) in [6.07, 6.45) is 8.15. The maximum atomic E-state index is 5.07. The maximum Gasteiger partial charge on any atom is 0.0684 e. The van der Waals surface area contributed by atoms with Crippen molar-refractivity contribution in [2.75, 3.05) is 6.61 Å². The summed E-state index contributed by atoms with van der Waals surface area (Å²) in [6, 6.07) is 0. The molecule has 0 aromatic carbocycles. The molecule has 0 aliphatic heterocycles. The van der Waals surface area contributed by atoms with Crippen LogP contribution in [0.5, 0.6) is 0 Å². The fraction of sp³-hybridized carbons (Fsp3) is 1.00. The van der Waals surface area contributed by atoms with Crippen molar-refractivity contribution in [3.63, 3.8) is 0 Å². The highest BCUT2D eigenvalue weighted by molar-refractivity contribution is 4.80. The van der Waals surface area contributed by atoms with Gasteiger partial charge in [-0.15, -0.1) is 0 Å². The van der Waals surface area contributed by atoms with Gasteiger partial charge in [0.15, 0.2) is 0 Å². The van der Waals surface area contributed by atoms with Gasteiger partial charge in [0, 0.05) is 0 Å². The van der Waals surface area contributed by atoms with E-state index < -0.39 is 0 Å². The smallest absolute Gasteiger partial charge is 0.0684 e. The third-order valence-corrected chi connectivity index (χ3v) is 3.57. The summed E-state index contributed by atoms with van der Waals surface area (Å²) < 4.78 is 0. The third kappa shape index (κ3) is 3.28. The van der Waals surface area contributed by atoms with E-state index in [4.69, 9.17) is 5.90 Å². The summed E-state index contributed by atoms with van der Waals surface area (Å²) >= 11 is 0. The number of rotatable bonds is 4. The zero-order valence-corrected chi connectivity index (χ0v) is 9.01. The van der Waals surface area contributed by atoms with Crippen molar-refractivity contribution in [2.24, 2.45) is 17.2 Å². The van der Waals surface area contributed by atoms with E-state index in [-0.39, 0.29) is 0 Å². The Hall–Kier alpha value is -0.0800. The van der Waals surface area contributed by atoms with Crippen LogP contribution in [0.2, 0.25) is 0 Å². The van der Waals surface area contributed by atoms with Crippen LogP contribution in [0, 0.1) is 11.3 Å². The van der Waals surface area contributed by atoms with Gasteiger partial charge in [0.1, 0.15) is 0 Å². The van der Waals surface area contributed by atoms with Crippen molar-refractivity contribution >= 4 is 0 Å². The van der Waals surface area contributed by atoms with Gasteiger partial charge in [-0.2, -0.15) is 0 Å². The largest absolute Gasteiger partial charge is 0.305 e. The molecule has 0 bridgehead atoms. The van der Waals surface area contributed by atoms with Crippen molar-refractivity contribution in [3.8, 4) is 0 Å². The number of hydrogen-bond donors (Lipinski definition) is 1. The van der Waals surface area contributed by atoms with E-state index in [1.54, 1.807) is 0 Å². The van der Waals surface area contributed by atoms with Crippen molar-refractivity contribution in [1.82, 2.24) is 0 Å². The van der Waals surface area contributed by atoms with Crippen LogP contribution in [0.15, 0.2) is 0 Å². The van der Waals surface area contributed by atoms with Crippen molar-refractivity contribution in [1.29, 1.82) is 0 Å². The molecular formula is C11H23NO. The molecule has 2 N–H and O–H groups in total. The number of hydrogen-bond acceptors (Lipinski definition) is 2. The van der Waals surface area contributed by atoms with Crippen molar-refractivity contribution < 1.29 is 4.84 Å². The SMILES string of the molecule is CC(C)(CCON)C1CCCCC1. The summed E-state index contributed by atoms with van der Waals surface area (Å²) in [4.78, 5) is 4.67. The zero-order chi connectivity index (χ0) is 9.73. The lowest BCUT2D eigenvalue weighted by Gasteiger charge is -2.36. The Morgan fingerprint density at radius 3 is 2.38 bits per heavy atom. The number of nitrogens with two attached hydrogens (primary N) is 1. The van der Waals surface area contributed by atoms with E-state index in [1.165, 1.54) is 32.1 Å². The second-order valence-electron chi connectivity index (χ2n) is 4.94. The topological polar surface area (TPSA) is 35.2 Å². The average molecular weight is 185 g/mol. The molecule has 1 saturated carbocycles.